The van der Waals surface area contributed by atoms with Gasteiger partial charge in [0, 0.05) is 20.3 Å². The third-order valence-corrected chi connectivity index (χ3v) is 3.20. The van der Waals surface area contributed by atoms with Gasteiger partial charge in [-0.25, -0.2) is 4.79 Å². The van der Waals surface area contributed by atoms with Crippen LogP contribution in [0, 0.1) is 0 Å². The highest BCUT2D eigenvalue weighted by molar-refractivity contribution is 5.87. The van der Waals surface area contributed by atoms with E-state index in [2.05, 4.69) is 0 Å². The normalized spacial score (nSPS) is 10.5. The summed E-state index contributed by atoms with van der Waals surface area (Å²) in [5.74, 6) is -1.21. The minimum absolute atomic E-state index is 0.216. The molecule has 0 saturated carbocycles. The molecule has 21 heavy (non-hydrogen) atoms. The Bertz CT molecular complexity index is 676. The van der Waals surface area contributed by atoms with E-state index < -0.39 is 11.5 Å². The Balaban J connectivity index is 2.51. The standard InChI is InChI=1S/C16H17NO4/c1-21-11-5-10-17-14(12-6-3-2-4-7-12)9-8-13(15(17)18)16(19)20/h2-4,6-9H,5,10-11H2,1H3,(H,19,20). The van der Waals surface area contributed by atoms with Gasteiger partial charge in [-0.2, -0.15) is 0 Å². The fourth-order valence-electron chi connectivity index (χ4n) is 2.19. The number of hydrogen-bond acceptors (Lipinski definition) is 3. The van der Waals surface area contributed by atoms with Crippen LogP contribution in [-0.4, -0.2) is 29.4 Å². The molecule has 0 spiro atoms. The van der Waals surface area contributed by atoms with E-state index in [1.807, 2.05) is 30.3 Å². The van der Waals surface area contributed by atoms with E-state index in [1.165, 1.54) is 10.6 Å². The summed E-state index contributed by atoms with van der Waals surface area (Å²) in [5.41, 5.74) is 0.887. The Labute approximate surface area is 122 Å². The zero-order valence-electron chi connectivity index (χ0n) is 11.8. The van der Waals surface area contributed by atoms with Crippen LogP contribution < -0.4 is 5.56 Å². The maximum Gasteiger partial charge on any atom is 0.341 e. The lowest BCUT2D eigenvalue weighted by Gasteiger charge is -2.13. The van der Waals surface area contributed by atoms with Crippen LogP contribution in [0.15, 0.2) is 47.3 Å². The first-order chi connectivity index (χ1) is 10.1. The van der Waals surface area contributed by atoms with E-state index in [4.69, 9.17) is 9.84 Å². The van der Waals surface area contributed by atoms with Gasteiger partial charge in [0.1, 0.15) is 5.56 Å². The van der Waals surface area contributed by atoms with Crippen molar-refractivity contribution in [3.05, 3.63) is 58.4 Å². The highest BCUT2D eigenvalue weighted by Crippen LogP contribution is 2.18. The number of ether oxygens (including phenoxy) is 1. The van der Waals surface area contributed by atoms with Crippen LogP contribution in [0.3, 0.4) is 0 Å². The summed E-state index contributed by atoms with van der Waals surface area (Å²) < 4.78 is 6.49. The number of aromatic carboxylic acids is 1. The van der Waals surface area contributed by atoms with E-state index in [9.17, 15) is 9.59 Å². The second-order valence-corrected chi connectivity index (χ2v) is 4.61. The zero-order valence-corrected chi connectivity index (χ0v) is 11.8. The molecule has 0 amide bonds. The number of carboxylic acids is 1. The first-order valence-electron chi connectivity index (χ1n) is 6.66. The van der Waals surface area contributed by atoms with Crippen molar-refractivity contribution in [3.63, 3.8) is 0 Å². The molecule has 0 unspecified atom stereocenters. The SMILES string of the molecule is COCCCn1c(-c2ccccc2)ccc(C(=O)O)c1=O. The predicted molar refractivity (Wildman–Crippen MR) is 79.6 cm³/mol. The van der Waals surface area contributed by atoms with Gasteiger partial charge >= 0.3 is 5.97 Å². The van der Waals surface area contributed by atoms with Crippen molar-refractivity contribution < 1.29 is 14.6 Å². The molecule has 0 saturated heterocycles. The van der Waals surface area contributed by atoms with E-state index in [1.54, 1.807) is 13.2 Å². The molecule has 0 aliphatic rings. The fourth-order valence-corrected chi connectivity index (χ4v) is 2.19. The number of pyridine rings is 1. The van der Waals surface area contributed by atoms with Crippen LogP contribution in [0.5, 0.6) is 0 Å². The van der Waals surface area contributed by atoms with Crippen molar-refractivity contribution >= 4 is 5.97 Å². The van der Waals surface area contributed by atoms with E-state index in [0.717, 1.165) is 5.56 Å². The first-order valence-corrected chi connectivity index (χ1v) is 6.66. The number of carbonyl (C=O) groups is 1. The van der Waals surface area contributed by atoms with Crippen LogP contribution in [-0.2, 0) is 11.3 Å². The summed E-state index contributed by atoms with van der Waals surface area (Å²) in [5, 5.41) is 9.09. The Hall–Kier alpha value is -2.40. The van der Waals surface area contributed by atoms with Crippen LogP contribution in [0.4, 0.5) is 0 Å². The van der Waals surface area contributed by atoms with Gasteiger partial charge in [0.25, 0.3) is 5.56 Å². The summed E-state index contributed by atoms with van der Waals surface area (Å²) in [6, 6.07) is 12.5. The number of nitrogens with zero attached hydrogens (tertiary/aromatic N) is 1. The van der Waals surface area contributed by atoms with Gasteiger partial charge in [-0.15, -0.1) is 0 Å². The minimum Gasteiger partial charge on any atom is -0.477 e. The first kappa shape index (κ1) is 15.0. The molecular weight excluding hydrogens is 270 g/mol. The van der Waals surface area contributed by atoms with E-state index in [0.29, 0.717) is 25.3 Å². The summed E-state index contributed by atoms with van der Waals surface area (Å²) in [6.07, 6.45) is 0.638. The third-order valence-electron chi connectivity index (χ3n) is 3.20. The number of rotatable bonds is 6. The van der Waals surface area contributed by atoms with Crippen LogP contribution in [0.1, 0.15) is 16.8 Å². The molecule has 5 heteroatoms. The molecule has 0 bridgehead atoms. The van der Waals surface area contributed by atoms with Gasteiger partial charge in [-0.3, -0.25) is 4.79 Å². The highest BCUT2D eigenvalue weighted by atomic mass is 16.5. The lowest BCUT2D eigenvalue weighted by molar-refractivity contribution is 0.0694. The number of benzene rings is 1. The lowest BCUT2D eigenvalue weighted by atomic mass is 10.1. The van der Waals surface area contributed by atoms with Gasteiger partial charge in [-0.05, 0) is 24.1 Å². The topological polar surface area (TPSA) is 68.5 Å². The maximum absolute atomic E-state index is 12.3. The van der Waals surface area contributed by atoms with Crippen molar-refractivity contribution in [1.29, 1.82) is 0 Å². The van der Waals surface area contributed by atoms with Gasteiger partial charge < -0.3 is 14.4 Å². The molecule has 1 aromatic carbocycles. The zero-order chi connectivity index (χ0) is 15.2. The second-order valence-electron chi connectivity index (χ2n) is 4.61. The predicted octanol–water partition coefficient (Wildman–Crippen LogP) is 2.25. The van der Waals surface area contributed by atoms with Crippen molar-refractivity contribution in [2.24, 2.45) is 0 Å². The summed E-state index contributed by atoms with van der Waals surface area (Å²) in [7, 11) is 1.59. The van der Waals surface area contributed by atoms with Crippen molar-refractivity contribution in [3.8, 4) is 11.3 Å². The number of methoxy groups -OCH3 is 1. The van der Waals surface area contributed by atoms with Gasteiger partial charge in [0.05, 0.1) is 5.69 Å². The quantitative estimate of drug-likeness (QED) is 0.827. The molecule has 0 atom stereocenters. The van der Waals surface area contributed by atoms with Crippen molar-refractivity contribution in [2.45, 2.75) is 13.0 Å². The molecule has 5 nitrogen and oxygen atoms in total. The average Bonchev–Trinajstić information content (AvgIpc) is 2.49. The molecular formula is C16H17NO4. The lowest BCUT2D eigenvalue weighted by Crippen LogP contribution is -2.28. The highest BCUT2D eigenvalue weighted by Gasteiger charge is 2.14. The molecule has 1 aromatic heterocycles. The van der Waals surface area contributed by atoms with Gasteiger partial charge in [-0.1, -0.05) is 30.3 Å². The summed E-state index contributed by atoms with van der Waals surface area (Å²) in [4.78, 5) is 23.5. The second kappa shape index (κ2) is 6.85. The average molecular weight is 287 g/mol. The van der Waals surface area contributed by atoms with Crippen LogP contribution >= 0.6 is 0 Å². The molecule has 0 aliphatic carbocycles. The smallest absolute Gasteiger partial charge is 0.341 e. The van der Waals surface area contributed by atoms with Gasteiger partial charge in [0.2, 0.25) is 0 Å². The molecule has 2 aromatic rings. The Kier molecular flexibility index (Phi) is 4.90. The van der Waals surface area contributed by atoms with Crippen molar-refractivity contribution in [1.82, 2.24) is 4.57 Å². The van der Waals surface area contributed by atoms with E-state index >= 15 is 0 Å². The Morgan fingerprint density at radius 3 is 2.52 bits per heavy atom. The van der Waals surface area contributed by atoms with E-state index in [-0.39, 0.29) is 5.56 Å². The maximum atomic E-state index is 12.3. The summed E-state index contributed by atoms with van der Waals surface area (Å²) in [6.45, 7) is 0.927. The van der Waals surface area contributed by atoms with Crippen LogP contribution in [0.2, 0.25) is 0 Å². The summed E-state index contributed by atoms with van der Waals surface area (Å²) >= 11 is 0. The fraction of sp³-hybridized carbons (Fsp3) is 0.250. The van der Waals surface area contributed by atoms with Crippen molar-refractivity contribution in [2.75, 3.05) is 13.7 Å². The largest absolute Gasteiger partial charge is 0.477 e. The third kappa shape index (κ3) is 3.38. The molecule has 2 rings (SSSR count). The van der Waals surface area contributed by atoms with Gasteiger partial charge in [0.15, 0.2) is 0 Å². The Morgan fingerprint density at radius 1 is 1.19 bits per heavy atom. The Morgan fingerprint density at radius 2 is 1.90 bits per heavy atom. The monoisotopic (exact) mass is 287 g/mol. The number of carboxylic acid groups (broad SMARTS) is 1. The number of hydrogen-bond donors (Lipinski definition) is 1. The molecule has 110 valence electrons. The van der Waals surface area contributed by atoms with Crippen LogP contribution in [0.25, 0.3) is 11.3 Å². The molecule has 0 aliphatic heterocycles. The molecule has 0 fully saturated rings. The molecule has 0 radical (unpaired) electrons. The molecule has 1 heterocycles. The molecule has 1 N–H and O–H groups in total. The minimum atomic E-state index is -1.21. The number of aromatic nitrogens is 1.